The van der Waals surface area contributed by atoms with Gasteiger partial charge in [0.15, 0.2) is 5.11 Å². The fraction of sp³-hybridized carbons (Fsp3) is 0.200. The first kappa shape index (κ1) is 10.5. The molecule has 0 atom stereocenters. The summed E-state index contributed by atoms with van der Waals surface area (Å²) in [5.41, 5.74) is 1.34. The molecule has 0 heterocycles. The van der Waals surface area contributed by atoms with Crippen molar-refractivity contribution in [3.63, 3.8) is 0 Å². The summed E-state index contributed by atoms with van der Waals surface area (Å²) in [4.78, 5) is 1.78. The topological polar surface area (TPSA) is 39.1 Å². The van der Waals surface area contributed by atoms with Crippen LogP contribution >= 0.6 is 12.2 Å². The molecule has 0 aliphatic carbocycles. The van der Waals surface area contributed by atoms with Crippen LogP contribution in [0.2, 0.25) is 0 Å². The van der Waals surface area contributed by atoms with E-state index in [2.05, 4.69) is 11.4 Å². The third-order valence-electron chi connectivity index (χ3n) is 1.70. The zero-order valence-electron chi connectivity index (χ0n) is 8.11. The Morgan fingerprint density at radius 3 is 2.64 bits per heavy atom. The van der Waals surface area contributed by atoms with Gasteiger partial charge in [-0.1, -0.05) is 12.1 Å². The van der Waals surface area contributed by atoms with Crippen LogP contribution in [0.4, 0.5) is 5.69 Å². The molecule has 0 radical (unpaired) electrons. The van der Waals surface area contributed by atoms with Crippen LogP contribution in [-0.4, -0.2) is 24.1 Å². The van der Waals surface area contributed by atoms with Gasteiger partial charge in [-0.15, -0.1) is 0 Å². The average Bonchev–Trinajstić information content (AvgIpc) is 2.18. The highest BCUT2D eigenvalue weighted by Gasteiger charge is 2.03. The number of thiocarbonyl (C=S) groups is 1. The van der Waals surface area contributed by atoms with Crippen LogP contribution in [0.15, 0.2) is 24.3 Å². The Morgan fingerprint density at radius 2 is 2.07 bits per heavy atom. The predicted octanol–water partition coefficient (Wildman–Crippen LogP) is 1.82. The van der Waals surface area contributed by atoms with Crippen LogP contribution in [0.1, 0.15) is 5.56 Å². The fourth-order valence-electron chi connectivity index (χ4n) is 0.917. The molecule has 0 aromatic heterocycles. The number of hydrogen-bond acceptors (Lipinski definition) is 2. The first-order valence-electron chi connectivity index (χ1n) is 4.12. The largest absolute Gasteiger partial charge is 0.355 e. The SMILES string of the molecule is CN(C)C(=S)Nc1ccccc1C#N. The highest BCUT2D eigenvalue weighted by atomic mass is 32.1. The van der Waals surface area contributed by atoms with Crippen molar-refractivity contribution in [3.05, 3.63) is 29.8 Å². The lowest BCUT2D eigenvalue weighted by molar-refractivity contribution is 0.634. The maximum atomic E-state index is 8.82. The van der Waals surface area contributed by atoms with E-state index in [1.54, 1.807) is 11.0 Å². The number of anilines is 1. The van der Waals surface area contributed by atoms with Crippen molar-refractivity contribution in [1.82, 2.24) is 4.90 Å². The molecular formula is C10H11N3S. The van der Waals surface area contributed by atoms with E-state index in [4.69, 9.17) is 17.5 Å². The Morgan fingerprint density at radius 1 is 1.43 bits per heavy atom. The maximum absolute atomic E-state index is 8.82. The van der Waals surface area contributed by atoms with E-state index in [-0.39, 0.29) is 0 Å². The summed E-state index contributed by atoms with van der Waals surface area (Å²) in [5.74, 6) is 0. The van der Waals surface area contributed by atoms with Crippen LogP contribution in [-0.2, 0) is 0 Å². The molecule has 0 amide bonds. The average molecular weight is 205 g/mol. The van der Waals surface area contributed by atoms with E-state index in [1.165, 1.54) is 0 Å². The molecule has 0 spiro atoms. The number of nitrogens with zero attached hydrogens (tertiary/aromatic N) is 2. The van der Waals surface area contributed by atoms with E-state index < -0.39 is 0 Å². The smallest absolute Gasteiger partial charge is 0.172 e. The number of nitrogens with one attached hydrogen (secondary N) is 1. The summed E-state index contributed by atoms with van der Waals surface area (Å²) < 4.78 is 0. The van der Waals surface area contributed by atoms with Crippen molar-refractivity contribution in [1.29, 1.82) is 5.26 Å². The normalized spacial score (nSPS) is 8.93. The minimum atomic E-state index is 0.590. The van der Waals surface area contributed by atoms with Gasteiger partial charge in [0.05, 0.1) is 11.3 Å². The van der Waals surface area contributed by atoms with Crippen LogP contribution in [0.5, 0.6) is 0 Å². The van der Waals surface area contributed by atoms with Crippen molar-refractivity contribution < 1.29 is 0 Å². The van der Waals surface area contributed by atoms with Crippen LogP contribution in [0.25, 0.3) is 0 Å². The van der Waals surface area contributed by atoms with Gasteiger partial charge in [0.1, 0.15) is 6.07 Å². The Bertz CT molecular complexity index is 379. The maximum Gasteiger partial charge on any atom is 0.172 e. The van der Waals surface area contributed by atoms with Gasteiger partial charge in [-0.3, -0.25) is 0 Å². The van der Waals surface area contributed by atoms with Gasteiger partial charge < -0.3 is 10.2 Å². The van der Waals surface area contributed by atoms with Crippen molar-refractivity contribution in [2.75, 3.05) is 19.4 Å². The Labute approximate surface area is 89.0 Å². The van der Waals surface area contributed by atoms with E-state index in [1.807, 2.05) is 32.3 Å². The van der Waals surface area contributed by atoms with Gasteiger partial charge in [-0.2, -0.15) is 5.26 Å². The first-order valence-corrected chi connectivity index (χ1v) is 4.53. The molecule has 0 bridgehead atoms. The van der Waals surface area contributed by atoms with Gasteiger partial charge in [0, 0.05) is 14.1 Å². The molecular weight excluding hydrogens is 194 g/mol. The Kier molecular flexibility index (Phi) is 3.43. The molecule has 0 aliphatic heterocycles. The number of nitriles is 1. The lowest BCUT2D eigenvalue weighted by Crippen LogP contribution is -2.27. The lowest BCUT2D eigenvalue weighted by atomic mass is 10.2. The molecule has 1 rings (SSSR count). The highest BCUT2D eigenvalue weighted by molar-refractivity contribution is 7.80. The summed E-state index contributed by atoms with van der Waals surface area (Å²) in [7, 11) is 3.70. The van der Waals surface area contributed by atoms with Crippen molar-refractivity contribution >= 4 is 23.0 Å². The number of rotatable bonds is 1. The van der Waals surface area contributed by atoms with Crippen molar-refractivity contribution in [3.8, 4) is 6.07 Å². The van der Waals surface area contributed by atoms with Crippen molar-refractivity contribution in [2.24, 2.45) is 0 Å². The second-order valence-electron chi connectivity index (χ2n) is 2.98. The molecule has 14 heavy (non-hydrogen) atoms. The third kappa shape index (κ3) is 2.44. The Balaban J connectivity index is 2.87. The molecule has 0 saturated heterocycles. The standard InChI is InChI=1S/C10H11N3S/c1-13(2)10(14)12-9-6-4-3-5-8(9)7-11/h3-6H,1-2H3,(H,12,14). The highest BCUT2D eigenvalue weighted by Crippen LogP contribution is 2.13. The summed E-state index contributed by atoms with van der Waals surface area (Å²) in [6, 6.07) is 9.36. The minimum absolute atomic E-state index is 0.590. The van der Waals surface area contributed by atoms with Gasteiger partial charge in [-0.25, -0.2) is 0 Å². The van der Waals surface area contributed by atoms with Crippen molar-refractivity contribution in [2.45, 2.75) is 0 Å². The van der Waals surface area contributed by atoms with Crippen LogP contribution in [0.3, 0.4) is 0 Å². The molecule has 1 aromatic carbocycles. The molecule has 1 N–H and O–H groups in total. The number of hydrogen-bond donors (Lipinski definition) is 1. The van der Waals surface area contributed by atoms with E-state index in [0.717, 1.165) is 5.69 Å². The van der Waals surface area contributed by atoms with Crippen LogP contribution < -0.4 is 5.32 Å². The summed E-state index contributed by atoms with van der Waals surface area (Å²) in [6.07, 6.45) is 0. The lowest BCUT2D eigenvalue weighted by Gasteiger charge is -2.15. The van der Waals surface area contributed by atoms with E-state index >= 15 is 0 Å². The molecule has 0 saturated carbocycles. The zero-order chi connectivity index (χ0) is 10.6. The predicted molar refractivity (Wildman–Crippen MR) is 61.1 cm³/mol. The zero-order valence-corrected chi connectivity index (χ0v) is 8.93. The van der Waals surface area contributed by atoms with Crippen LogP contribution in [0, 0.1) is 11.3 Å². The molecule has 4 heteroatoms. The molecule has 72 valence electrons. The van der Waals surface area contributed by atoms with Gasteiger partial charge in [0.25, 0.3) is 0 Å². The molecule has 0 fully saturated rings. The van der Waals surface area contributed by atoms with Gasteiger partial charge in [-0.05, 0) is 24.4 Å². The summed E-state index contributed by atoms with van der Waals surface area (Å²) >= 11 is 5.07. The van der Waals surface area contributed by atoms with Gasteiger partial charge in [0.2, 0.25) is 0 Å². The molecule has 3 nitrogen and oxygen atoms in total. The van der Waals surface area contributed by atoms with E-state index in [9.17, 15) is 0 Å². The van der Waals surface area contributed by atoms with Gasteiger partial charge >= 0.3 is 0 Å². The monoisotopic (exact) mass is 205 g/mol. The minimum Gasteiger partial charge on any atom is -0.355 e. The number of benzene rings is 1. The molecule has 1 aromatic rings. The summed E-state index contributed by atoms with van der Waals surface area (Å²) in [5, 5.41) is 12.4. The second-order valence-corrected chi connectivity index (χ2v) is 3.37. The number of para-hydroxylation sites is 1. The summed E-state index contributed by atoms with van der Waals surface area (Å²) in [6.45, 7) is 0. The van der Waals surface area contributed by atoms with E-state index in [0.29, 0.717) is 10.7 Å². The second kappa shape index (κ2) is 4.58. The molecule has 0 unspecified atom stereocenters. The Hall–Kier alpha value is -1.60. The fourth-order valence-corrected chi connectivity index (χ4v) is 1.03. The molecule has 0 aliphatic rings. The third-order valence-corrected chi connectivity index (χ3v) is 2.16. The quantitative estimate of drug-likeness (QED) is 0.710. The first-order chi connectivity index (χ1) is 6.65.